The van der Waals surface area contributed by atoms with Crippen molar-refractivity contribution in [2.75, 3.05) is 12.0 Å². The highest BCUT2D eigenvalue weighted by molar-refractivity contribution is 7.10. The van der Waals surface area contributed by atoms with Gasteiger partial charge in [0.1, 0.15) is 17.6 Å². The molecule has 4 rings (SSSR count). The number of nitrogens with zero attached hydrogens (tertiary/aromatic N) is 1. The van der Waals surface area contributed by atoms with Crippen LogP contribution in [0.1, 0.15) is 27.6 Å². The van der Waals surface area contributed by atoms with Crippen molar-refractivity contribution in [3.8, 4) is 5.75 Å². The number of thiophene rings is 1. The van der Waals surface area contributed by atoms with Crippen LogP contribution in [0.3, 0.4) is 0 Å². The molecule has 1 aliphatic rings. The highest BCUT2D eigenvalue weighted by Crippen LogP contribution is 2.46. The zero-order valence-electron chi connectivity index (χ0n) is 17.5. The van der Waals surface area contributed by atoms with Gasteiger partial charge in [0.2, 0.25) is 0 Å². The van der Waals surface area contributed by atoms with Crippen LogP contribution in [0.2, 0.25) is 10.0 Å². The number of aliphatic hydroxyl groups is 1. The van der Waals surface area contributed by atoms with Gasteiger partial charge in [0.15, 0.2) is 0 Å². The molecule has 1 atom stereocenters. The van der Waals surface area contributed by atoms with E-state index in [0.29, 0.717) is 5.69 Å². The number of carbonyl (C=O) groups is 2. The molecule has 5 nitrogen and oxygen atoms in total. The number of aryl methyl sites for hydroxylation is 2. The van der Waals surface area contributed by atoms with Crippen LogP contribution in [0, 0.1) is 13.8 Å². The third kappa shape index (κ3) is 3.68. The first-order chi connectivity index (χ1) is 15.2. The van der Waals surface area contributed by atoms with Gasteiger partial charge in [0.05, 0.1) is 23.3 Å². The number of hydrogen-bond donors (Lipinski definition) is 1. The molecule has 1 unspecified atom stereocenters. The van der Waals surface area contributed by atoms with Gasteiger partial charge in [0.25, 0.3) is 11.7 Å². The fourth-order valence-electron chi connectivity index (χ4n) is 3.88. The normalized spacial score (nSPS) is 17.8. The lowest BCUT2D eigenvalue weighted by molar-refractivity contribution is -0.132. The van der Waals surface area contributed by atoms with Gasteiger partial charge in [-0.1, -0.05) is 35.3 Å². The molecule has 2 aromatic carbocycles. The Hall–Kier alpha value is -2.80. The molecule has 3 aromatic rings. The highest BCUT2D eigenvalue weighted by Gasteiger charge is 2.48. The van der Waals surface area contributed by atoms with E-state index in [0.717, 1.165) is 16.0 Å². The lowest BCUT2D eigenvalue weighted by Gasteiger charge is -2.25. The Morgan fingerprint density at radius 1 is 1.12 bits per heavy atom. The van der Waals surface area contributed by atoms with Crippen LogP contribution in [0.25, 0.3) is 5.76 Å². The third-order valence-electron chi connectivity index (χ3n) is 5.34. The molecule has 0 spiro atoms. The number of anilines is 1. The maximum absolute atomic E-state index is 13.3. The summed E-state index contributed by atoms with van der Waals surface area (Å²) in [5.41, 5.74) is 2.51. The lowest BCUT2D eigenvalue weighted by Crippen LogP contribution is -2.29. The summed E-state index contributed by atoms with van der Waals surface area (Å²) in [6, 6.07) is 11.4. The molecule has 1 saturated heterocycles. The van der Waals surface area contributed by atoms with Crippen LogP contribution in [0.15, 0.2) is 53.4 Å². The molecule has 164 valence electrons. The van der Waals surface area contributed by atoms with Crippen molar-refractivity contribution in [3.63, 3.8) is 0 Å². The smallest absolute Gasteiger partial charge is 0.300 e. The number of rotatable bonds is 4. The summed E-state index contributed by atoms with van der Waals surface area (Å²) in [6.07, 6.45) is 0. The SMILES string of the molecule is COc1c(Cl)cc(Cl)cc1/C(O)=C1\C(=O)C(=O)N(c2cccc(C)c2)C1c1sccc1C. The molecule has 0 saturated carbocycles. The minimum atomic E-state index is -0.806. The number of Topliss-reactive ketones (excluding diaryl/α,β-unsaturated/α-hetero) is 1. The summed E-state index contributed by atoms with van der Waals surface area (Å²) >= 11 is 13.8. The molecule has 0 radical (unpaired) electrons. The molecule has 1 fully saturated rings. The average molecular weight is 488 g/mol. The Morgan fingerprint density at radius 2 is 1.88 bits per heavy atom. The van der Waals surface area contributed by atoms with Crippen molar-refractivity contribution in [2.45, 2.75) is 19.9 Å². The second-order valence-corrected chi connectivity index (χ2v) is 9.24. The summed E-state index contributed by atoms with van der Waals surface area (Å²) in [6.45, 7) is 3.81. The number of aliphatic hydroxyl groups excluding tert-OH is 1. The Labute approximate surface area is 199 Å². The molecule has 1 amide bonds. The number of ether oxygens (including phenoxy) is 1. The molecule has 2 heterocycles. The molecular weight excluding hydrogens is 469 g/mol. The quantitative estimate of drug-likeness (QED) is 0.266. The molecule has 0 bridgehead atoms. The van der Waals surface area contributed by atoms with Crippen LogP contribution in [-0.2, 0) is 9.59 Å². The summed E-state index contributed by atoms with van der Waals surface area (Å²) in [4.78, 5) is 28.7. The number of carbonyl (C=O) groups excluding carboxylic acids is 2. The first-order valence-electron chi connectivity index (χ1n) is 9.69. The molecule has 8 heteroatoms. The zero-order chi connectivity index (χ0) is 23.2. The van der Waals surface area contributed by atoms with Crippen molar-refractivity contribution in [1.29, 1.82) is 0 Å². The van der Waals surface area contributed by atoms with Gasteiger partial charge in [-0.2, -0.15) is 0 Å². The van der Waals surface area contributed by atoms with E-state index in [9.17, 15) is 14.7 Å². The molecular formula is C24H19Cl2NO4S. The van der Waals surface area contributed by atoms with Crippen LogP contribution < -0.4 is 9.64 Å². The number of benzene rings is 2. The van der Waals surface area contributed by atoms with Gasteiger partial charge in [-0.15, -0.1) is 11.3 Å². The maximum Gasteiger partial charge on any atom is 0.300 e. The van der Waals surface area contributed by atoms with Gasteiger partial charge < -0.3 is 9.84 Å². The first-order valence-corrected chi connectivity index (χ1v) is 11.3. The third-order valence-corrected chi connectivity index (χ3v) is 6.91. The average Bonchev–Trinajstić information content (AvgIpc) is 3.27. The van der Waals surface area contributed by atoms with Crippen molar-refractivity contribution in [2.24, 2.45) is 0 Å². The van der Waals surface area contributed by atoms with E-state index >= 15 is 0 Å². The van der Waals surface area contributed by atoms with Gasteiger partial charge in [-0.25, -0.2) is 0 Å². The van der Waals surface area contributed by atoms with E-state index in [1.807, 2.05) is 43.5 Å². The van der Waals surface area contributed by atoms with Crippen molar-refractivity contribution >= 4 is 57.7 Å². The maximum atomic E-state index is 13.3. The fraction of sp³-hybridized carbons (Fsp3) is 0.167. The second kappa shape index (κ2) is 8.62. The van der Waals surface area contributed by atoms with E-state index in [-0.39, 0.29) is 26.9 Å². The predicted molar refractivity (Wildman–Crippen MR) is 128 cm³/mol. The molecule has 1 aromatic heterocycles. The Bertz CT molecular complexity index is 1280. The van der Waals surface area contributed by atoms with Crippen LogP contribution in [0.5, 0.6) is 5.75 Å². The van der Waals surface area contributed by atoms with Gasteiger partial charge in [-0.05, 0) is 60.7 Å². The van der Waals surface area contributed by atoms with Crippen molar-refractivity contribution in [1.82, 2.24) is 0 Å². The van der Waals surface area contributed by atoms with Gasteiger partial charge in [-0.3, -0.25) is 14.5 Å². The Kier molecular flexibility index (Phi) is 6.03. The number of amides is 1. The van der Waals surface area contributed by atoms with Crippen molar-refractivity contribution in [3.05, 3.63) is 85.0 Å². The number of hydrogen-bond acceptors (Lipinski definition) is 5. The van der Waals surface area contributed by atoms with Crippen molar-refractivity contribution < 1.29 is 19.4 Å². The van der Waals surface area contributed by atoms with Gasteiger partial charge in [0, 0.05) is 15.6 Å². The van der Waals surface area contributed by atoms with Crippen LogP contribution in [0.4, 0.5) is 5.69 Å². The number of ketones is 1. The largest absolute Gasteiger partial charge is 0.507 e. The van der Waals surface area contributed by atoms with E-state index in [4.69, 9.17) is 27.9 Å². The number of methoxy groups -OCH3 is 1. The van der Waals surface area contributed by atoms with Gasteiger partial charge >= 0.3 is 0 Å². The van der Waals surface area contributed by atoms with Crippen LogP contribution in [-0.4, -0.2) is 23.9 Å². The van der Waals surface area contributed by atoms with E-state index in [1.165, 1.54) is 35.5 Å². The number of halogens is 2. The standard InChI is InChI=1S/C24H19Cl2NO4S/c1-12-5-4-6-15(9-12)27-19(23-13(2)7-8-32-23)18(21(29)24(27)30)20(28)16-10-14(25)11-17(26)22(16)31-3/h4-11,19,28H,1-3H3/b20-18+. The lowest BCUT2D eigenvalue weighted by atomic mass is 9.97. The molecule has 1 aliphatic heterocycles. The topological polar surface area (TPSA) is 66.8 Å². The highest BCUT2D eigenvalue weighted by atomic mass is 35.5. The zero-order valence-corrected chi connectivity index (χ0v) is 19.8. The van der Waals surface area contributed by atoms with E-state index in [1.54, 1.807) is 6.07 Å². The van der Waals surface area contributed by atoms with E-state index in [2.05, 4.69) is 0 Å². The minimum Gasteiger partial charge on any atom is -0.507 e. The molecule has 1 N–H and O–H groups in total. The summed E-state index contributed by atoms with van der Waals surface area (Å²) in [7, 11) is 1.40. The van der Waals surface area contributed by atoms with E-state index < -0.39 is 23.5 Å². The summed E-state index contributed by atoms with van der Waals surface area (Å²) in [5, 5.41) is 13.7. The first kappa shape index (κ1) is 22.4. The summed E-state index contributed by atoms with van der Waals surface area (Å²) in [5.74, 6) is -1.74. The molecule has 0 aliphatic carbocycles. The minimum absolute atomic E-state index is 0.0429. The van der Waals surface area contributed by atoms with Crippen LogP contribution >= 0.6 is 34.5 Å². The monoisotopic (exact) mass is 487 g/mol. The predicted octanol–water partition coefficient (Wildman–Crippen LogP) is 6.31. The Balaban J connectivity index is 2.02. The molecule has 32 heavy (non-hydrogen) atoms. The Morgan fingerprint density at radius 3 is 2.50 bits per heavy atom. The second-order valence-electron chi connectivity index (χ2n) is 7.44. The summed E-state index contributed by atoms with van der Waals surface area (Å²) < 4.78 is 5.36. The fourth-order valence-corrected chi connectivity index (χ4v) is 5.47.